The summed E-state index contributed by atoms with van der Waals surface area (Å²) in [6.07, 6.45) is 5.82. The van der Waals surface area contributed by atoms with Crippen LogP contribution in [0.5, 0.6) is 0 Å². The molecule has 0 amide bonds. The molecule has 0 saturated heterocycles. The van der Waals surface area contributed by atoms with Gasteiger partial charge < -0.3 is 5.32 Å². The van der Waals surface area contributed by atoms with E-state index in [1.807, 2.05) is 0 Å². The summed E-state index contributed by atoms with van der Waals surface area (Å²) >= 11 is 5.28. The number of thiazole rings is 1. The lowest BCUT2D eigenvalue weighted by molar-refractivity contribution is 0.428. The molecule has 4 rings (SSSR count). The van der Waals surface area contributed by atoms with Crippen molar-refractivity contribution >= 4 is 42.6 Å². The molecule has 1 aromatic carbocycles. The van der Waals surface area contributed by atoms with Crippen molar-refractivity contribution in [3.05, 3.63) is 22.7 Å². The maximum absolute atomic E-state index is 4.67. The highest BCUT2D eigenvalue weighted by atomic mass is 79.9. The van der Waals surface area contributed by atoms with Crippen LogP contribution < -0.4 is 5.32 Å². The first-order valence-corrected chi connectivity index (χ1v) is 8.70. The Morgan fingerprint density at radius 3 is 2.68 bits per heavy atom. The van der Waals surface area contributed by atoms with Gasteiger partial charge in [0.15, 0.2) is 5.13 Å². The largest absolute Gasteiger partial charge is 0.361 e. The van der Waals surface area contributed by atoms with E-state index in [1.165, 1.54) is 30.4 Å². The minimum Gasteiger partial charge on any atom is -0.361 e. The predicted octanol–water partition coefficient (Wildman–Crippen LogP) is 4.91. The van der Waals surface area contributed by atoms with E-state index in [1.54, 1.807) is 11.3 Å². The molecule has 1 heterocycles. The lowest BCUT2D eigenvalue weighted by Crippen LogP contribution is -2.18. The Bertz CT molecular complexity index is 589. The molecule has 2 nitrogen and oxygen atoms in total. The number of nitrogens with zero attached hydrogens (tertiary/aromatic N) is 1. The molecule has 0 radical (unpaired) electrons. The molecule has 2 aliphatic carbocycles. The average Bonchev–Trinajstić information content (AvgIpc) is 3.28. The van der Waals surface area contributed by atoms with E-state index in [-0.39, 0.29) is 0 Å². The third-order valence-corrected chi connectivity index (χ3v) is 5.76. The first-order chi connectivity index (χ1) is 9.29. The van der Waals surface area contributed by atoms with Gasteiger partial charge in [0, 0.05) is 11.0 Å². The number of hydrogen-bond acceptors (Lipinski definition) is 3. The van der Waals surface area contributed by atoms with Crippen LogP contribution in [0.1, 0.15) is 25.7 Å². The topological polar surface area (TPSA) is 24.9 Å². The summed E-state index contributed by atoms with van der Waals surface area (Å²) in [6.45, 7) is 1.12. The number of fused-ring (bicyclic) bond motifs is 1. The third-order valence-electron chi connectivity index (χ3n) is 4.29. The summed E-state index contributed by atoms with van der Waals surface area (Å²) in [6, 6.07) is 6.29. The number of nitrogens with one attached hydrogen (secondary N) is 1. The van der Waals surface area contributed by atoms with Gasteiger partial charge in [-0.1, -0.05) is 27.3 Å². The summed E-state index contributed by atoms with van der Waals surface area (Å²) in [5.74, 6) is 2.91. The Morgan fingerprint density at radius 2 is 2.00 bits per heavy atom. The predicted molar refractivity (Wildman–Crippen MR) is 84.7 cm³/mol. The Balaban J connectivity index is 1.48. The zero-order valence-electron chi connectivity index (χ0n) is 10.7. The number of rotatable bonds is 5. The van der Waals surface area contributed by atoms with Gasteiger partial charge in [-0.25, -0.2) is 4.98 Å². The Hall–Kier alpha value is -0.610. The Morgan fingerprint density at radius 1 is 1.26 bits per heavy atom. The van der Waals surface area contributed by atoms with Gasteiger partial charge in [-0.2, -0.15) is 0 Å². The van der Waals surface area contributed by atoms with Crippen molar-refractivity contribution in [1.29, 1.82) is 0 Å². The fourth-order valence-electron chi connectivity index (χ4n) is 2.95. The van der Waals surface area contributed by atoms with Crippen LogP contribution in [0, 0.1) is 17.8 Å². The third kappa shape index (κ3) is 2.65. The molecule has 1 aromatic heterocycles. The molecule has 0 atom stereocenters. The summed E-state index contributed by atoms with van der Waals surface area (Å²) < 4.78 is 2.38. The highest BCUT2D eigenvalue weighted by molar-refractivity contribution is 9.10. The molecule has 2 aromatic rings. The second kappa shape index (κ2) is 4.74. The van der Waals surface area contributed by atoms with Gasteiger partial charge in [0.1, 0.15) is 0 Å². The smallest absolute Gasteiger partial charge is 0.183 e. The van der Waals surface area contributed by atoms with E-state index in [0.717, 1.165) is 39.4 Å². The van der Waals surface area contributed by atoms with E-state index in [9.17, 15) is 0 Å². The number of anilines is 1. The molecule has 0 bridgehead atoms. The van der Waals surface area contributed by atoms with E-state index in [0.29, 0.717) is 0 Å². The first kappa shape index (κ1) is 12.2. The van der Waals surface area contributed by atoms with Crippen LogP contribution in [0.15, 0.2) is 22.7 Å². The van der Waals surface area contributed by atoms with Crippen LogP contribution in [-0.4, -0.2) is 11.5 Å². The first-order valence-electron chi connectivity index (χ1n) is 7.09. The number of hydrogen-bond donors (Lipinski definition) is 1. The highest BCUT2D eigenvalue weighted by Gasteiger charge is 2.41. The van der Waals surface area contributed by atoms with E-state index in [4.69, 9.17) is 0 Å². The second-order valence-electron chi connectivity index (χ2n) is 5.85. The zero-order valence-corrected chi connectivity index (χ0v) is 13.1. The second-order valence-corrected chi connectivity index (χ2v) is 7.80. The summed E-state index contributed by atoms with van der Waals surface area (Å²) in [5.41, 5.74) is 1.10. The standard InChI is InChI=1S/C15H17BrN2S/c16-11-5-6-13-14(7-11)19-15(18-13)17-8-12(9-1-2-9)10-3-4-10/h5-7,9-10,12H,1-4,8H2,(H,17,18). The SMILES string of the molecule is Brc1ccc2nc(NCC(C3CC3)C3CC3)sc2c1. The molecular formula is C15H17BrN2S. The average molecular weight is 337 g/mol. The van der Waals surface area contributed by atoms with Gasteiger partial charge in [0.05, 0.1) is 10.2 Å². The van der Waals surface area contributed by atoms with Gasteiger partial charge in [0.2, 0.25) is 0 Å². The monoisotopic (exact) mass is 336 g/mol. The summed E-state index contributed by atoms with van der Waals surface area (Å²) in [7, 11) is 0. The molecule has 0 aliphatic heterocycles. The van der Waals surface area contributed by atoms with Crippen LogP contribution in [0.25, 0.3) is 10.2 Å². The van der Waals surface area contributed by atoms with Gasteiger partial charge >= 0.3 is 0 Å². The van der Waals surface area contributed by atoms with Gasteiger partial charge in [-0.05, 0) is 61.6 Å². The molecule has 2 fully saturated rings. The van der Waals surface area contributed by atoms with Crippen LogP contribution in [0.4, 0.5) is 5.13 Å². The van der Waals surface area contributed by atoms with E-state index in [2.05, 4.69) is 44.4 Å². The highest BCUT2D eigenvalue weighted by Crippen LogP contribution is 2.49. The maximum atomic E-state index is 4.67. The van der Waals surface area contributed by atoms with Crippen molar-refractivity contribution in [2.75, 3.05) is 11.9 Å². The number of benzene rings is 1. The van der Waals surface area contributed by atoms with Crippen molar-refractivity contribution in [2.24, 2.45) is 17.8 Å². The quantitative estimate of drug-likeness (QED) is 0.839. The van der Waals surface area contributed by atoms with Crippen molar-refractivity contribution in [3.8, 4) is 0 Å². The van der Waals surface area contributed by atoms with Crippen LogP contribution in [0.2, 0.25) is 0 Å². The molecule has 100 valence electrons. The normalized spacial score (nSPS) is 19.3. The Labute approximate surface area is 125 Å². The van der Waals surface area contributed by atoms with Crippen LogP contribution in [0.3, 0.4) is 0 Å². The maximum Gasteiger partial charge on any atom is 0.183 e. The van der Waals surface area contributed by atoms with Gasteiger partial charge in [-0.15, -0.1) is 0 Å². The number of halogens is 1. The molecule has 0 unspecified atom stereocenters. The van der Waals surface area contributed by atoms with E-state index >= 15 is 0 Å². The van der Waals surface area contributed by atoms with E-state index < -0.39 is 0 Å². The molecular weight excluding hydrogens is 320 g/mol. The Kier molecular flexibility index (Phi) is 3.03. The van der Waals surface area contributed by atoms with Crippen molar-refractivity contribution < 1.29 is 0 Å². The van der Waals surface area contributed by atoms with Gasteiger partial charge in [-0.3, -0.25) is 0 Å². The van der Waals surface area contributed by atoms with Crippen LogP contribution in [-0.2, 0) is 0 Å². The zero-order chi connectivity index (χ0) is 12.8. The minimum absolute atomic E-state index is 0.902. The lowest BCUT2D eigenvalue weighted by atomic mass is 9.98. The summed E-state index contributed by atoms with van der Waals surface area (Å²) in [5, 5.41) is 4.67. The molecule has 2 saturated carbocycles. The minimum atomic E-state index is 0.902. The molecule has 19 heavy (non-hydrogen) atoms. The summed E-state index contributed by atoms with van der Waals surface area (Å²) in [4.78, 5) is 4.67. The fraction of sp³-hybridized carbons (Fsp3) is 0.533. The van der Waals surface area contributed by atoms with Crippen molar-refractivity contribution in [1.82, 2.24) is 4.98 Å². The number of aromatic nitrogens is 1. The molecule has 0 spiro atoms. The van der Waals surface area contributed by atoms with Crippen molar-refractivity contribution in [3.63, 3.8) is 0 Å². The molecule has 4 heteroatoms. The fourth-order valence-corrected chi connectivity index (χ4v) is 4.37. The lowest BCUT2D eigenvalue weighted by Gasteiger charge is -2.15. The van der Waals surface area contributed by atoms with Crippen molar-refractivity contribution in [2.45, 2.75) is 25.7 Å². The molecule has 2 aliphatic rings. The molecule has 1 N–H and O–H groups in total. The van der Waals surface area contributed by atoms with Crippen LogP contribution >= 0.6 is 27.3 Å². The van der Waals surface area contributed by atoms with Gasteiger partial charge in [0.25, 0.3) is 0 Å².